The van der Waals surface area contributed by atoms with Crippen LogP contribution in [-0.4, -0.2) is 85.1 Å². The van der Waals surface area contributed by atoms with E-state index < -0.39 is 44.0 Å². The SMILES string of the molecule is CN1CCC(Oc2ccc(C(=O)Nc3n[nH]c4c3CN(S(=O)(=O)c3cc(F)cc(F)c3)CC4(C)C)c(NC(=O)[C@@H]3CCCO3)c2)CC1. The van der Waals surface area contributed by atoms with Crippen LogP contribution in [0.15, 0.2) is 41.3 Å². The average molecular weight is 673 g/mol. The lowest BCUT2D eigenvalue weighted by Gasteiger charge is -2.36. The summed E-state index contributed by atoms with van der Waals surface area (Å²) in [5.41, 5.74) is 0.588. The number of rotatable bonds is 8. The number of amides is 2. The number of nitrogens with one attached hydrogen (secondary N) is 3. The van der Waals surface area contributed by atoms with E-state index >= 15 is 0 Å². The van der Waals surface area contributed by atoms with Crippen LogP contribution in [0.25, 0.3) is 0 Å². The second-order valence-electron chi connectivity index (χ2n) is 13.0. The van der Waals surface area contributed by atoms with Gasteiger partial charge < -0.3 is 25.0 Å². The zero-order chi connectivity index (χ0) is 33.5. The molecule has 2 saturated heterocycles. The monoisotopic (exact) mass is 672 g/mol. The van der Waals surface area contributed by atoms with Gasteiger partial charge in [-0.05, 0) is 57.0 Å². The molecule has 0 bridgehead atoms. The Morgan fingerprint density at radius 2 is 1.79 bits per heavy atom. The maximum absolute atomic E-state index is 14.0. The van der Waals surface area contributed by atoms with Crippen molar-refractivity contribution < 1.29 is 36.3 Å². The molecular formula is C32H38F2N6O6S. The van der Waals surface area contributed by atoms with Crippen molar-refractivity contribution in [2.45, 2.75) is 68.6 Å². The molecule has 0 radical (unpaired) electrons. The first-order valence-electron chi connectivity index (χ1n) is 15.6. The largest absolute Gasteiger partial charge is 0.490 e. The molecule has 0 spiro atoms. The van der Waals surface area contributed by atoms with Gasteiger partial charge in [-0.3, -0.25) is 14.7 Å². The average Bonchev–Trinajstić information content (AvgIpc) is 3.69. The maximum atomic E-state index is 14.0. The van der Waals surface area contributed by atoms with E-state index in [9.17, 15) is 26.8 Å². The van der Waals surface area contributed by atoms with E-state index in [1.807, 2.05) is 0 Å². The molecule has 0 saturated carbocycles. The molecule has 2 fully saturated rings. The van der Waals surface area contributed by atoms with Gasteiger partial charge in [0, 0.05) is 61.6 Å². The summed E-state index contributed by atoms with van der Waals surface area (Å²) in [6, 6.07) is 6.99. The summed E-state index contributed by atoms with van der Waals surface area (Å²) in [7, 11) is -2.26. The highest BCUT2D eigenvalue weighted by Crippen LogP contribution is 2.38. The van der Waals surface area contributed by atoms with Crippen molar-refractivity contribution in [3.63, 3.8) is 0 Å². The molecule has 0 aliphatic carbocycles. The number of piperidine rings is 1. The fourth-order valence-corrected chi connectivity index (χ4v) is 7.91. The standard InChI is InChI=1S/C32H38F2N6O6S/c1-32(2)18-40(47(43,44)23-14-19(33)13-20(34)15-23)17-25-28(32)37-38-29(25)36-30(41)24-7-6-22(46-21-8-10-39(3)11-9-21)16-26(24)35-31(42)27-5-4-12-45-27/h6-7,13-16,21,27H,4-5,8-12,17-18H2,1-3H3,(H,35,42)(H2,36,37,38,41)/t27-/m0/s1. The number of nitrogens with zero attached hydrogens (tertiary/aromatic N) is 3. The fourth-order valence-electron chi connectivity index (χ4n) is 6.30. The molecule has 3 aliphatic heterocycles. The van der Waals surface area contributed by atoms with E-state index in [0.29, 0.717) is 36.1 Å². The number of halogens is 2. The molecule has 2 aromatic carbocycles. The van der Waals surface area contributed by atoms with Gasteiger partial charge in [0.2, 0.25) is 10.0 Å². The van der Waals surface area contributed by atoms with Crippen LogP contribution in [0.3, 0.4) is 0 Å². The minimum Gasteiger partial charge on any atom is -0.490 e. The number of carbonyl (C=O) groups is 2. The van der Waals surface area contributed by atoms with Crippen LogP contribution in [0.1, 0.15) is 61.1 Å². The molecule has 3 N–H and O–H groups in total. The molecule has 12 nitrogen and oxygen atoms in total. The second kappa shape index (κ2) is 12.9. The summed E-state index contributed by atoms with van der Waals surface area (Å²) < 4.78 is 67.8. The van der Waals surface area contributed by atoms with Crippen molar-refractivity contribution in [2.75, 3.05) is 43.9 Å². The number of ether oxygens (including phenoxy) is 2. The smallest absolute Gasteiger partial charge is 0.258 e. The van der Waals surface area contributed by atoms with Crippen molar-refractivity contribution in [3.8, 4) is 5.75 Å². The Morgan fingerprint density at radius 1 is 1.06 bits per heavy atom. The fraction of sp³-hybridized carbons (Fsp3) is 0.469. The Bertz CT molecular complexity index is 1760. The lowest BCUT2D eigenvalue weighted by Crippen LogP contribution is -2.45. The Morgan fingerprint density at radius 3 is 2.47 bits per heavy atom. The predicted molar refractivity (Wildman–Crippen MR) is 169 cm³/mol. The third-order valence-electron chi connectivity index (χ3n) is 8.84. The van der Waals surface area contributed by atoms with Crippen LogP contribution < -0.4 is 15.4 Å². The predicted octanol–water partition coefficient (Wildman–Crippen LogP) is 4.01. The molecule has 4 heterocycles. The van der Waals surface area contributed by atoms with Gasteiger partial charge in [-0.2, -0.15) is 9.40 Å². The summed E-state index contributed by atoms with van der Waals surface area (Å²) in [6.07, 6.45) is 2.37. The van der Waals surface area contributed by atoms with E-state index in [1.54, 1.807) is 32.0 Å². The van der Waals surface area contributed by atoms with Crippen molar-refractivity contribution in [1.29, 1.82) is 0 Å². The quantitative estimate of drug-likeness (QED) is 0.326. The van der Waals surface area contributed by atoms with Gasteiger partial charge in [-0.15, -0.1) is 0 Å². The number of fused-ring (bicyclic) bond motifs is 1. The molecule has 3 aromatic rings. The van der Waals surface area contributed by atoms with Crippen LogP contribution >= 0.6 is 0 Å². The number of anilines is 2. The number of aromatic amines is 1. The minimum absolute atomic E-state index is 0.00498. The van der Waals surface area contributed by atoms with E-state index in [-0.39, 0.29) is 42.2 Å². The highest BCUT2D eigenvalue weighted by atomic mass is 32.2. The number of H-pyrrole nitrogens is 1. The van der Waals surface area contributed by atoms with Gasteiger partial charge in [0.15, 0.2) is 5.82 Å². The second-order valence-corrected chi connectivity index (χ2v) is 14.9. The lowest BCUT2D eigenvalue weighted by molar-refractivity contribution is -0.124. The molecule has 1 aromatic heterocycles. The van der Waals surface area contributed by atoms with Crippen LogP contribution in [0.4, 0.5) is 20.3 Å². The molecule has 47 heavy (non-hydrogen) atoms. The van der Waals surface area contributed by atoms with E-state index in [1.165, 1.54) is 0 Å². The zero-order valence-corrected chi connectivity index (χ0v) is 27.3. The van der Waals surface area contributed by atoms with Gasteiger partial charge >= 0.3 is 0 Å². The van der Waals surface area contributed by atoms with Crippen molar-refractivity contribution in [3.05, 3.63) is 64.9 Å². The minimum atomic E-state index is -4.32. The van der Waals surface area contributed by atoms with Gasteiger partial charge in [0.25, 0.3) is 11.8 Å². The molecular weight excluding hydrogens is 634 g/mol. The lowest BCUT2D eigenvalue weighted by atomic mass is 9.84. The Balaban J connectivity index is 1.27. The first kappa shape index (κ1) is 33.0. The summed E-state index contributed by atoms with van der Waals surface area (Å²) in [5.74, 6) is -2.40. The Labute approximate surface area is 271 Å². The number of aromatic nitrogens is 2. The number of likely N-dealkylation sites (tertiary alicyclic amines) is 1. The number of sulfonamides is 1. The molecule has 6 rings (SSSR count). The van der Waals surface area contributed by atoms with Crippen LogP contribution in [-0.2, 0) is 31.5 Å². The molecule has 3 aliphatic rings. The van der Waals surface area contributed by atoms with Crippen molar-refractivity contribution >= 4 is 33.3 Å². The summed E-state index contributed by atoms with van der Waals surface area (Å²) in [5, 5.41) is 12.8. The molecule has 0 unspecified atom stereocenters. The molecule has 2 amide bonds. The van der Waals surface area contributed by atoms with Crippen LogP contribution in [0, 0.1) is 11.6 Å². The first-order valence-corrected chi connectivity index (χ1v) is 17.0. The van der Waals surface area contributed by atoms with Crippen LogP contribution in [0.2, 0.25) is 0 Å². The summed E-state index contributed by atoms with van der Waals surface area (Å²) in [6.45, 7) is 5.65. The van der Waals surface area contributed by atoms with E-state index in [4.69, 9.17) is 9.47 Å². The Hall–Kier alpha value is -3.92. The summed E-state index contributed by atoms with van der Waals surface area (Å²) >= 11 is 0. The molecule has 15 heteroatoms. The van der Waals surface area contributed by atoms with E-state index in [0.717, 1.165) is 48.8 Å². The van der Waals surface area contributed by atoms with Gasteiger partial charge in [-0.1, -0.05) is 13.8 Å². The van der Waals surface area contributed by atoms with Gasteiger partial charge in [0.1, 0.15) is 29.6 Å². The molecule has 1 atom stereocenters. The van der Waals surface area contributed by atoms with Gasteiger partial charge in [-0.25, -0.2) is 17.2 Å². The number of benzene rings is 2. The molecule has 252 valence electrons. The number of hydrogen-bond donors (Lipinski definition) is 3. The third-order valence-corrected chi connectivity index (χ3v) is 10.6. The zero-order valence-electron chi connectivity index (χ0n) is 26.4. The van der Waals surface area contributed by atoms with Crippen molar-refractivity contribution in [2.24, 2.45) is 0 Å². The number of hydrogen-bond acceptors (Lipinski definition) is 8. The normalized spacial score (nSPS) is 20.5. The number of carbonyl (C=O) groups excluding carboxylic acids is 2. The van der Waals surface area contributed by atoms with Gasteiger partial charge in [0.05, 0.1) is 16.1 Å². The Kier molecular flexibility index (Phi) is 9.09. The highest BCUT2D eigenvalue weighted by molar-refractivity contribution is 7.89. The first-order chi connectivity index (χ1) is 22.3. The van der Waals surface area contributed by atoms with Crippen molar-refractivity contribution in [1.82, 2.24) is 19.4 Å². The van der Waals surface area contributed by atoms with Crippen LogP contribution in [0.5, 0.6) is 5.75 Å². The summed E-state index contributed by atoms with van der Waals surface area (Å²) in [4.78, 5) is 28.6. The highest BCUT2D eigenvalue weighted by Gasteiger charge is 2.41. The third kappa shape index (κ3) is 7.03. The maximum Gasteiger partial charge on any atom is 0.258 e. The van der Waals surface area contributed by atoms with E-state index in [2.05, 4.69) is 32.8 Å². The topological polar surface area (TPSA) is 146 Å².